The molecule has 0 spiro atoms. The van der Waals surface area contributed by atoms with Gasteiger partial charge in [-0.1, -0.05) is 32.0 Å². The van der Waals surface area contributed by atoms with Gasteiger partial charge >= 0.3 is 5.97 Å². The molecule has 2 N–H and O–H groups in total. The number of esters is 1. The van der Waals surface area contributed by atoms with Crippen molar-refractivity contribution in [3.8, 4) is 0 Å². The zero-order valence-corrected chi connectivity index (χ0v) is 16.0. The number of ketones is 1. The van der Waals surface area contributed by atoms with Gasteiger partial charge in [0.2, 0.25) is 11.7 Å². The molecule has 0 saturated carbocycles. The number of aromatic nitrogens is 1. The van der Waals surface area contributed by atoms with E-state index in [-0.39, 0.29) is 17.6 Å². The molecule has 1 amide bonds. The third-order valence-electron chi connectivity index (χ3n) is 4.36. The van der Waals surface area contributed by atoms with Crippen LogP contribution in [0, 0.1) is 5.92 Å². The van der Waals surface area contributed by atoms with Crippen molar-refractivity contribution in [2.75, 3.05) is 5.32 Å². The molecule has 3 aromatic rings. The number of nitrogens with one attached hydrogen (secondary N) is 2. The van der Waals surface area contributed by atoms with Crippen molar-refractivity contribution in [2.45, 2.75) is 26.9 Å². The van der Waals surface area contributed by atoms with Crippen molar-refractivity contribution in [1.82, 2.24) is 4.98 Å². The van der Waals surface area contributed by atoms with Gasteiger partial charge in [-0.25, -0.2) is 4.79 Å². The number of carbonyl (C=O) groups excluding carboxylic acids is 3. The number of carbonyl (C=O) groups is 3. The molecule has 2 aromatic carbocycles. The molecule has 1 heterocycles. The Bertz CT molecular complexity index is 985. The summed E-state index contributed by atoms with van der Waals surface area (Å²) in [6.07, 6.45) is -0.935. The zero-order chi connectivity index (χ0) is 20.3. The highest BCUT2D eigenvalue weighted by Gasteiger charge is 2.21. The molecule has 0 saturated heterocycles. The highest BCUT2D eigenvalue weighted by atomic mass is 16.5. The van der Waals surface area contributed by atoms with E-state index >= 15 is 0 Å². The Hall–Kier alpha value is -3.41. The lowest BCUT2D eigenvalue weighted by Gasteiger charge is -2.12. The lowest BCUT2D eigenvalue weighted by Crippen LogP contribution is -2.24. The summed E-state index contributed by atoms with van der Waals surface area (Å²) < 4.78 is 5.32. The predicted octanol–water partition coefficient (Wildman–Crippen LogP) is 4.19. The molecule has 144 valence electrons. The van der Waals surface area contributed by atoms with E-state index in [2.05, 4.69) is 10.3 Å². The molecule has 0 bridgehead atoms. The number of Topliss-reactive ketones (excluding diaryl/α,β-unsaturated/α-hetero) is 1. The number of anilines is 1. The van der Waals surface area contributed by atoms with E-state index in [0.717, 1.165) is 10.9 Å². The van der Waals surface area contributed by atoms with Crippen LogP contribution in [0.15, 0.2) is 54.6 Å². The molecule has 6 heteroatoms. The number of para-hydroxylation sites is 1. The molecular weight excluding hydrogens is 356 g/mol. The summed E-state index contributed by atoms with van der Waals surface area (Å²) in [4.78, 5) is 39.6. The second-order valence-electron chi connectivity index (χ2n) is 6.90. The Balaban J connectivity index is 1.65. The summed E-state index contributed by atoms with van der Waals surface area (Å²) >= 11 is 0. The minimum Gasteiger partial charge on any atom is -0.450 e. The molecular formula is C22H22N2O4. The molecule has 6 nitrogen and oxygen atoms in total. The van der Waals surface area contributed by atoms with E-state index in [0.29, 0.717) is 16.9 Å². The molecule has 0 aliphatic rings. The predicted molar refractivity (Wildman–Crippen MR) is 107 cm³/mol. The number of H-pyrrole nitrogens is 1. The number of fused-ring (bicyclic) bond motifs is 1. The van der Waals surface area contributed by atoms with Gasteiger partial charge in [0.15, 0.2) is 6.10 Å². The van der Waals surface area contributed by atoms with Crippen LogP contribution in [0.3, 0.4) is 0 Å². The SMILES string of the molecule is CC(C)C(=O)Nc1ccc(C(=O)[C@@H](C)OC(=O)c2cc3ccccc3[nH]2)cc1. The van der Waals surface area contributed by atoms with Crippen molar-refractivity contribution in [1.29, 1.82) is 0 Å². The minimum absolute atomic E-state index is 0.0975. The molecule has 28 heavy (non-hydrogen) atoms. The largest absolute Gasteiger partial charge is 0.450 e. The van der Waals surface area contributed by atoms with E-state index in [1.807, 2.05) is 24.3 Å². The van der Waals surface area contributed by atoms with Gasteiger partial charge in [-0.3, -0.25) is 9.59 Å². The van der Waals surface area contributed by atoms with Crippen LogP contribution in [0.25, 0.3) is 10.9 Å². The summed E-state index contributed by atoms with van der Waals surface area (Å²) in [6, 6.07) is 15.7. The number of benzene rings is 2. The molecule has 0 aliphatic carbocycles. The first-order valence-corrected chi connectivity index (χ1v) is 9.09. The molecule has 1 atom stereocenters. The Morgan fingerprint density at radius 2 is 1.64 bits per heavy atom. The van der Waals surface area contributed by atoms with Crippen LogP contribution in [0.2, 0.25) is 0 Å². The van der Waals surface area contributed by atoms with Gasteiger partial charge in [-0.15, -0.1) is 0 Å². The Kier molecular flexibility index (Phi) is 5.59. The smallest absolute Gasteiger partial charge is 0.355 e. The number of ether oxygens (including phenoxy) is 1. The van der Waals surface area contributed by atoms with Gasteiger partial charge < -0.3 is 15.0 Å². The molecule has 0 fully saturated rings. The van der Waals surface area contributed by atoms with Crippen LogP contribution in [0.4, 0.5) is 5.69 Å². The maximum absolute atomic E-state index is 12.6. The molecule has 3 rings (SSSR count). The maximum atomic E-state index is 12.6. The van der Waals surface area contributed by atoms with Crippen LogP contribution in [-0.4, -0.2) is 28.7 Å². The first-order chi connectivity index (χ1) is 13.3. The van der Waals surface area contributed by atoms with Crippen LogP contribution >= 0.6 is 0 Å². The third-order valence-corrected chi connectivity index (χ3v) is 4.36. The number of rotatable bonds is 6. The Morgan fingerprint density at radius 3 is 2.29 bits per heavy atom. The van der Waals surface area contributed by atoms with Gasteiger partial charge in [0, 0.05) is 28.1 Å². The van der Waals surface area contributed by atoms with Crippen LogP contribution in [0.5, 0.6) is 0 Å². The fourth-order valence-corrected chi connectivity index (χ4v) is 2.70. The highest BCUT2D eigenvalue weighted by molar-refractivity contribution is 6.02. The second kappa shape index (κ2) is 8.08. The van der Waals surface area contributed by atoms with Gasteiger partial charge in [-0.2, -0.15) is 0 Å². The third kappa shape index (κ3) is 4.28. The average molecular weight is 378 g/mol. The Labute approximate surface area is 162 Å². The monoisotopic (exact) mass is 378 g/mol. The molecule has 0 radical (unpaired) electrons. The first kappa shape index (κ1) is 19.4. The van der Waals surface area contributed by atoms with Crippen molar-refractivity contribution < 1.29 is 19.1 Å². The summed E-state index contributed by atoms with van der Waals surface area (Å²) in [6.45, 7) is 5.14. The molecule has 0 unspecified atom stereocenters. The standard InChI is InChI=1S/C22H22N2O4/c1-13(2)21(26)23-17-10-8-15(9-11-17)20(25)14(3)28-22(27)19-12-16-6-4-5-7-18(16)24-19/h4-14,24H,1-3H3,(H,23,26)/t14-/m1/s1. The summed E-state index contributed by atoms with van der Waals surface area (Å²) in [7, 11) is 0. The number of hydrogen-bond donors (Lipinski definition) is 2. The quantitative estimate of drug-likeness (QED) is 0.497. The number of aromatic amines is 1. The van der Waals surface area contributed by atoms with Gasteiger partial charge in [-0.05, 0) is 43.3 Å². The second-order valence-corrected chi connectivity index (χ2v) is 6.90. The van der Waals surface area contributed by atoms with Gasteiger partial charge in [0.1, 0.15) is 5.69 Å². The fourth-order valence-electron chi connectivity index (χ4n) is 2.70. The van der Waals surface area contributed by atoms with Crippen molar-refractivity contribution in [3.05, 3.63) is 65.9 Å². The van der Waals surface area contributed by atoms with Crippen LogP contribution in [0.1, 0.15) is 41.6 Å². The fraction of sp³-hybridized carbons (Fsp3) is 0.227. The van der Waals surface area contributed by atoms with E-state index in [1.165, 1.54) is 6.92 Å². The van der Waals surface area contributed by atoms with Crippen LogP contribution in [-0.2, 0) is 9.53 Å². The Morgan fingerprint density at radius 1 is 0.964 bits per heavy atom. The zero-order valence-electron chi connectivity index (χ0n) is 16.0. The lowest BCUT2D eigenvalue weighted by molar-refractivity contribution is -0.118. The summed E-state index contributed by atoms with van der Waals surface area (Å²) in [5, 5.41) is 3.66. The topological polar surface area (TPSA) is 88.3 Å². The van der Waals surface area contributed by atoms with E-state index < -0.39 is 12.1 Å². The van der Waals surface area contributed by atoms with E-state index in [9.17, 15) is 14.4 Å². The summed E-state index contributed by atoms with van der Waals surface area (Å²) in [5.74, 6) is -1.13. The normalized spacial score (nSPS) is 12.0. The van der Waals surface area contributed by atoms with Gasteiger partial charge in [0.25, 0.3) is 0 Å². The maximum Gasteiger partial charge on any atom is 0.355 e. The van der Waals surface area contributed by atoms with Gasteiger partial charge in [0.05, 0.1) is 0 Å². The van der Waals surface area contributed by atoms with Crippen molar-refractivity contribution in [3.63, 3.8) is 0 Å². The first-order valence-electron chi connectivity index (χ1n) is 9.09. The van der Waals surface area contributed by atoms with Crippen molar-refractivity contribution >= 4 is 34.3 Å². The summed E-state index contributed by atoms with van der Waals surface area (Å²) in [5.41, 5.74) is 2.14. The molecule has 1 aromatic heterocycles. The number of hydrogen-bond acceptors (Lipinski definition) is 4. The van der Waals surface area contributed by atoms with E-state index in [4.69, 9.17) is 4.74 Å². The van der Waals surface area contributed by atoms with E-state index in [1.54, 1.807) is 44.2 Å². The lowest BCUT2D eigenvalue weighted by atomic mass is 10.1. The minimum atomic E-state index is -0.935. The number of amides is 1. The van der Waals surface area contributed by atoms with Crippen LogP contribution < -0.4 is 5.32 Å². The molecule has 0 aliphatic heterocycles. The average Bonchev–Trinajstić information content (AvgIpc) is 3.12. The van der Waals surface area contributed by atoms with Crippen molar-refractivity contribution in [2.24, 2.45) is 5.92 Å². The highest BCUT2D eigenvalue weighted by Crippen LogP contribution is 2.17.